The summed E-state index contributed by atoms with van der Waals surface area (Å²) in [5.74, 6) is -0.291. The topological polar surface area (TPSA) is 61.5 Å². The lowest BCUT2D eigenvalue weighted by molar-refractivity contribution is -0.160. The lowest BCUT2D eigenvalue weighted by Gasteiger charge is -2.42. The Bertz CT molecular complexity index is 212. The van der Waals surface area contributed by atoms with Crippen LogP contribution in [0.2, 0.25) is 0 Å². The minimum absolute atomic E-state index is 0.144. The smallest absolute Gasteiger partial charge is 0.326 e. The van der Waals surface area contributed by atoms with Gasteiger partial charge in [0.25, 0.3) is 0 Å². The van der Waals surface area contributed by atoms with Crippen molar-refractivity contribution >= 4 is 5.97 Å². The molecule has 1 fully saturated rings. The first kappa shape index (κ1) is 12.5. The van der Waals surface area contributed by atoms with Crippen molar-refractivity contribution in [1.82, 2.24) is 0 Å². The Morgan fingerprint density at radius 1 is 1.47 bits per heavy atom. The fraction of sp³-hybridized carbons (Fsp3) is 0.909. The molecule has 1 saturated carbocycles. The number of carbonyl (C=O) groups is 1. The maximum absolute atomic E-state index is 11.4. The Hall–Kier alpha value is -0.610. The summed E-state index contributed by atoms with van der Waals surface area (Å²) in [5, 5.41) is 0. The molecular formula is C11H21NO3. The van der Waals surface area contributed by atoms with E-state index in [1.54, 1.807) is 6.92 Å². The van der Waals surface area contributed by atoms with E-state index in [9.17, 15) is 4.79 Å². The highest BCUT2D eigenvalue weighted by Gasteiger charge is 2.48. The monoisotopic (exact) mass is 215 g/mol. The van der Waals surface area contributed by atoms with Crippen molar-refractivity contribution in [2.45, 2.75) is 51.2 Å². The third-order valence-corrected chi connectivity index (χ3v) is 2.72. The standard InChI is InChI=1S/C11H21NO3/c1-3-5-6-15-9-7-11(12,8-9)10(13)14-4-2/h9H,3-8,12H2,1-2H3/t9-,11+. The number of hydrogen-bond acceptors (Lipinski definition) is 4. The summed E-state index contributed by atoms with van der Waals surface area (Å²) in [7, 11) is 0. The third-order valence-electron chi connectivity index (χ3n) is 2.72. The van der Waals surface area contributed by atoms with Crippen LogP contribution < -0.4 is 5.73 Å². The highest BCUT2D eigenvalue weighted by Crippen LogP contribution is 2.33. The molecule has 0 heterocycles. The lowest BCUT2D eigenvalue weighted by Crippen LogP contribution is -2.61. The normalized spacial score (nSPS) is 29.7. The molecule has 0 aliphatic heterocycles. The number of ether oxygens (including phenoxy) is 2. The molecular weight excluding hydrogens is 194 g/mol. The molecule has 0 spiro atoms. The van der Waals surface area contributed by atoms with Crippen molar-refractivity contribution in [3.63, 3.8) is 0 Å². The molecule has 0 aromatic carbocycles. The molecule has 0 bridgehead atoms. The second-order valence-corrected chi connectivity index (χ2v) is 4.13. The van der Waals surface area contributed by atoms with E-state index in [0.29, 0.717) is 19.4 Å². The number of esters is 1. The first-order valence-electron chi connectivity index (χ1n) is 5.70. The highest BCUT2D eigenvalue weighted by atomic mass is 16.5. The molecule has 0 radical (unpaired) electrons. The Kier molecular flexibility index (Phi) is 4.54. The van der Waals surface area contributed by atoms with Crippen molar-refractivity contribution < 1.29 is 14.3 Å². The van der Waals surface area contributed by atoms with Crippen molar-refractivity contribution in [2.24, 2.45) is 5.73 Å². The van der Waals surface area contributed by atoms with Gasteiger partial charge in [-0.25, -0.2) is 0 Å². The summed E-state index contributed by atoms with van der Waals surface area (Å²) in [6.45, 7) is 5.06. The molecule has 0 atom stereocenters. The molecule has 0 unspecified atom stereocenters. The largest absolute Gasteiger partial charge is 0.465 e. The molecule has 0 amide bonds. The molecule has 2 N–H and O–H groups in total. The van der Waals surface area contributed by atoms with Gasteiger partial charge in [-0.15, -0.1) is 0 Å². The summed E-state index contributed by atoms with van der Waals surface area (Å²) >= 11 is 0. The molecule has 0 saturated heterocycles. The zero-order valence-corrected chi connectivity index (χ0v) is 9.62. The Balaban J connectivity index is 2.19. The van der Waals surface area contributed by atoms with E-state index < -0.39 is 5.54 Å². The van der Waals surface area contributed by atoms with Crippen molar-refractivity contribution in [1.29, 1.82) is 0 Å². The number of nitrogens with two attached hydrogens (primary N) is 1. The number of unbranched alkanes of at least 4 members (excludes halogenated alkanes) is 1. The Labute approximate surface area is 91.1 Å². The van der Waals surface area contributed by atoms with Gasteiger partial charge < -0.3 is 15.2 Å². The van der Waals surface area contributed by atoms with Gasteiger partial charge in [0.05, 0.1) is 12.7 Å². The number of rotatable bonds is 6. The van der Waals surface area contributed by atoms with E-state index in [0.717, 1.165) is 19.4 Å². The summed E-state index contributed by atoms with van der Waals surface area (Å²) in [6.07, 6.45) is 3.52. The molecule has 1 rings (SSSR count). The van der Waals surface area contributed by atoms with E-state index >= 15 is 0 Å². The van der Waals surface area contributed by atoms with E-state index in [1.807, 2.05) is 0 Å². The van der Waals surface area contributed by atoms with Crippen molar-refractivity contribution in [3.8, 4) is 0 Å². The van der Waals surface area contributed by atoms with Gasteiger partial charge in [0, 0.05) is 19.4 Å². The van der Waals surface area contributed by atoms with Crippen LogP contribution in [-0.2, 0) is 14.3 Å². The van der Waals surface area contributed by atoms with Gasteiger partial charge in [0.2, 0.25) is 0 Å². The SMILES string of the molecule is CCCCO[C@H]1C[C@](N)(C(=O)OCC)C1. The maximum Gasteiger partial charge on any atom is 0.326 e. The Morgan fingerprint density at radius 3 is 2.67 bits per heavy atom. The number of hydrogen-bond donors (Lipinski definition) is 1. The van der Waals surface area contributed by atoms with Gasteiger partial charge in [-0.3, -0.25) is 4.79 Å². The van der Waals surface area contributed by atoms with E-state index in [-0.39, 0.29) is 12.1 Å². The molecule has 1 aliphatic rings. The average molecular weight is 215 g/mol. The average Bonchev–Trinajstić information content (AvgIpc) is 2.15. The zero-order chi connectivity index (χ0) is 11.3. The molecule has 15 heavy (non-hydrogen) atoms. The van der Waals surface area contributed by atoms with Crippen LogP contribution in [0.1, 0.15) is 39.5 Å². The van der Waals surface area contributed by atoms with Crippen LogP contribution in [0.15, 0.2) is 0 Å². The molecule has 88 valence electrons. The van der Waals surface area contributed by atoms with Crippen LogP contribution in [0, 0.1) is 0 Å². The quantitative estimate of drug-likeness (QED) is 0.534. The maximum atomic E-state index is 11.4. The van der Waals surface area contributed by atoms with Crippen LogP contribution in [-0.4, -0.2) is 30.8 Å². The lowest BCUT2D eigenvalue weighted by atomic mass is 9.75. The summed E-state index contributed by atoms with van der Waals surface area (Å²) < 4.78 is 10.5. The fourth-order valence-corrected chi connectivity index (χ4v) is 1.71. The highest BCUT2D eigenvalue weighted by molar-refractivity contribution is 5.82. The van der Waals surface area contributed by atoms with E-state index in [1.165, 1.54) is 0 Å². The predicted molar refractivity (Wildman–Crippen MR) is 57.4 cm³/mol. The summed E-state index contributed by atoms with van der Waals surface area (Å²) in [5.41, 5.74) is 5.09. The first-order chi connectivity index (χ1) is 7.12. The van der Waals surface area contributed by atoms with Crippen LogP contribution in [0.3, 0.4) is 0 Å². The van der Waals surface area contributed by atoms with Gasteiger partial charge in [-0.05, 0) is 13.3 Å². The molecule has 0 aromatic heterocycles. The van der Waals surface area contributed by atoms with Crippen LogP contribution in [0.5, 0.6) is 0 Å². The van der Waals surface area contributed by atoms with Crippen molar-refractivity contribution in [2.75, 3.05) is 13.2 Å². The number of carbonyl (C=O) groups excluding carboxylic acids is 1. The molecule has 4 nitrogen and oxygen atoms in total. The van der Waals surface area contributed by atoms with Crippen LogP contribution in [0.25, 0.3) is 0 Å². The van der Waals surface area contributed by atoms with Gasteiger partial charge in [-0.1, -0.05) is 13.3 Å². The van der Waals surface area contributed by atoms with Gasteiger partial charge in [0.15, 0.2) is 0 Å². The predicted octanol–water partition coefficient (Wildman–Crippen LogP) is 1.23. The van der Waals surface area contributed by atoms with Crippen molar-refractivity contribution in [3.05, 3.63) is 0 Å². The van der Waals surface area contributed by atoms with E-state index in [2.05, 4.69) is 6.92 Å². The second-order valence-electron chi connectivity index (χ2n) is 4.13. The Morgan fingerprint density at radius 2 is 2.13 bits per heavy atom. The zero-order valence-electron chi connectivity index (χ0n) is 9.62. The molecule has 4 heteroatoms. The van der Waals surface area contributed by atoms with Gasteiger partial charge >= 0.3 is 5.97 Å². The minimum atomic E-state index is -0.785. The van der Waals surface area contributed by atoms with Crippen LogP contribution >= 0.6 is 0 Å². The fourth-order valence-electron chi connectivity index (χ4n) is 1.71. The molecule has 1 aliphatic carbocycles. The summed E-state index contributed by atoms with van der Waals surface area (Å²) in [4.78, 5) is 11.4. The van der Waals surface area contributed by atoms with Gasteiger partial charge in [0.1, 0.15) is 5.54 Å². The minimum Gasteiger partial charge on any atom is -0.465 e. The third kappa shape index (κ3) is 3.18. The molecule has 0 aromatic rings. The second kappa shape index (κ2) is 5.47. The van der Waals surface area contributed by atoms with Crippen LogP contribution in [0.4, 0.5) is 0 Å². The van der Waals surface area contributed by atoms with E-state index in [4.69, 9.17) is 15.2 Å². The summed E-state index contributed by atoms with van der Waals surface area (Å²) in [6, 6.07) is 0. The van der Waals surface area contributed by atoms with Gasteiger partial charge in [-0.2, -0.15) is 0 Å². The first-order valence-corrected chi connectivity index (χ1v) is 5.70.